The standard InChI is InChI=1S/C30H33Cl2N5O/c1-20(2)28(37(14-8-13-33)30(38)24-15-21(3)34-27(32)17-24)29-35-26(23-11-7-12-25(31)16-23)19-36(29)18-22-9-5-4-6-10-22/h4-7,9-12,15-17,19-20,28H,8,13-14,18,33H2,1-3H3. The van der Waals surface area contributed by atoms with Crippen LogP contribution in [0.3, 0.4) is 0 Å². The molecule has 38 heavy (non-hydrogen) atoms. The minimum Gasteiger partial charge on any atom is -0.330 e. The molecule has 0 aliphatic rings. The van der Waals surface area contributed by atoms with E-state index in [9.17, 15) is 4.79 Å². The molecule has 0 radical (unpaired) electrons. The minimum atomic E-state index is -0.307. The number of amides is 1. The third-order valence-corrected chi connectivity index (χ3v) is 6.82. The van der Waals surface area contributed by atoms with Gasteiger partial charge in [0.2, 0.25) is 0 Å². The van der Waals surface area contributed by atoms with Crippen molar-refractivity contribution in [2.24, 2.45) is 11.7 Å². The molecule has 0 fully saturated rings. The molecular formula is C30H33Cl2N5O. The van der Waals surface area contributed by atoms with Crippen LogP contribution < -0.4 is 5.73 Å². The summed E-state index contributed by atoms with van der Waals surface area (Å²) >= 11 is 12.5. The third kappa shape index (κ3) is 6.62. The van der Waals surface area contributed by atoms with Gasteiger partial charge in [-0.25, -0.2) is 9.97 Å². The second kappa shape index (κ2) is 12.6. The Labute approximate surface area is 234 Å². The van der Waals surface area contributed by atoms with Gasteiger partial charge in [0, 0.05) is 41.1 Å². The molecule has 1 atom stereocenters. The summed E-state index contributed by atoms with van der Waals surface area (Å²) in [6, 6.07) is 21.0. The number of aromatic nitrogens is 3. The third-order valence-electron chi connectivity index (χ3n) is 6.39. The minimum absolute atomic E-state index is 0.0688. The molecular weight excluding hydrogens is 517 g/mol. The van der Waals surface area contributed by atoms with E-state index in [1.165, 1.54) is 0 Å². The summed E-state index contributed by atoms with van der Waals surface area (Å²) in [4.78, 5) is 25.2. The van der Waals surface area contributed by atoms with Gasteiger partial charge in [-0.3, -0.25) is 4.79 Å². The van der Waals surface area contributed by atoms with Crippen molar-refractivity contribution >= 4 is 29.1 Å². The quantitative estimate of drug-likeness (QED) is 0.221. The van der Waals surface area contributed by atoms with Gasteiger partial charge in [-0.2, -0.15) is 0 Å². The van der Waals surface area contributed by atoms with Crippen LogP contribution in [-0.4, -0.2) is 38.4 Å². The largest absolute Gasteiger partial charge is 0.330 e. The number of carbonyl (C=O) groups is 1. The highest BCUT2D eigenvalue weighted by Crippen LogP contribution is 2.33. The predicted molar refractivity (Wildman–Crippen MR) is 154 cm³/mol. The SMILES string of the molecule is Cc1cc(C(=O)N(CCCN)C(c2nc(-c3cccc(Cl)c3)cn2Cc2ccccc2)C(C)C)cc(Cl)n1. The topological polar surface area (TPSA) is 77.0 Å². The normalized spacial score (nSPS) is 12.1. The monoisotopic (exact) mass is 549 g/mol. The molecule has 2 aromatic heterocycles. The van der Waals surface area contributed by atoms with E-state index in [-0.39, 0.29) is 17.9 Å². The zero-order valence-corrected chi connectivity index (χ0v) is 23.5. The lowest BCUT2D eigenvalue weighted by Crippen LogP contribution is -2.40. The highest BCUT2D eigenvalue weighted by molar-refractivity contribution is 6.30. The Balaban J connectivity index is 1.84. The van der Waals surface area contributed by atoms with Crippen LogP contribution in [0.4, 0.5) is 0 Å². The van der Waals surface area contributed by atoms with Crippen molar-refractivity contribution in [3.05, 3.63) is 106 Å². The molecule has 4 rings (SSSR count). The van der Waals surface area contributed by atoms with Crippen LogP contribution in [-0.2, 0) is 6.54 Å². The first-order valence-electron chi connectivity index (χ1n) is 12.8. The fourth-order valence-corrected chi connectivity index (χ4v) is 5.14. The summed E-state index contributed by atoms with van der Waals surface area (Å²) in [5, 5.41) is 0.939. The molecule has 2 N–H and O–H groups in total. The molecule has 2 aromatic carbocycles. The average Bonchev–Trinajstić information content (AvgIpc) is 3.29. The number of halogens is 2. The molecule has 0 saturated heterocycles. The molecule has 0 saturated carbocycles. The molecule has 8 heteroatoms. The summed E-state index contributed by atoms with van der Waals surface area (Å²) < 4.78 is 2.14. The van der Waals surface area contributed by atoms with Gasteiger partial charge in [-0.05, 0) is 55.6 Å². The Morgan fingerprint density at radius 3 is 2.45 bits per heavy atom. The van der Waals surface area contributed by atoms with E-state index in [1.807, 2.05) is 60.5 Å². The smallest absolute Gasteiger partial charge is 0.254 e. The maximum atomic E-state index is 14.0. The van der Waals surface area contributed by atoms with Crippen molar-refractivity contribution in [3.8, 4) is 11.3 Å². The number of pyridine rings is 1. The van der Waals surface area contributed by atoms with Crippen LogP contribution in [0.1, 0.15) is 53.7 Å². The zero-order chi connectivity index (χ0) is 27.2. The zero-order valence-electron chi connectivity index (χ0n) is 21.9. The van der Waals surface area contributed by atoms with Crippen LogP contribution in [0.15, 0.2) is 72.9 Å². The Bertz CT molecular complexity index is 1370. The van der Waals surface area contributed by atoms with Crippen LogP contribution in [0.2, 0.25) is 10.2 Å². The first-order valence-corrected chi connectivity index (χ1v) is 13.5. The number of rotatable bonds is 10. The first-order chi connectivity index (χ1) is 18.3. The van der Waals surface area contributed by atoms with Gasteiger partial charge < -0.3 is 15.2 Å². The highest BCUT2D eigenvalue weighted by Gasteiger charge is 2.32. The second-order valence-corrected chi connectivity index (χ2v) is 10.6. The molecule has 1 amide bonds. The lowest BCUT2D eigenvalue weighted by molar-refractivity contribution is 0.0604. The first kappa shape index (κ1) is 27.8. The number of imidazole rings is 1. The fourth-order valence-electron chi connectivity index (χ4n) is 4.70. The number of nitrogens with two attached hydrogens (primary N) is 1. The van der Waals surface area contributed by atoms with Gasteiger partial charge in [0.25, 0.3) is 5.91 Å². The van der Waals surface area contributed by atoms with Gasteiger partial charge in [0.15, 0.2) is 0 Å². The van der Waals surface area contributed by atoms with Crippen LogP contribution >= 0.6 is 23.2 Å². The van der Waals surface area contributed by atoms with E-state index < -0.39 is 0 Å². The molecule has 0 aliphatic carbocycles. The lowest BCUT2D eigenvalue weighted by atomic mass is 9.99. The maximum absolute atomic E-state index is 14.0. The van der Waals surface area contributed by atoms with Gasteiger partial charge in [-0.1, -0.05) is 79.5 Å². The molecule has 0 aliphatic heterocycles. The summed E-state index contributed by atoms with van der Waals surface area (Å²) in [6.07, 6.45) is 2.70. The Kier molecular flexibility index (Phi) is 9.21. The number of hydrogen-bond donors (Lipinski definition) is 1. The van der Waals surface area contributed by atoms with Crippen molar-refractivity contribution in [2.75, 3.05) is 13.1 Å². The van der Waals surface area contributed by atoms with E-state index in [2.05, 4.69) is 35.5 Å². The molecule has 0 bridgehead atoms. The number of benzene rings is 2. The Morgan fingerprint density at radius 1 is 1.03 bits per heavy atom. The van der Waals surface area contributed by atoms with Gasteiger partial charge in [0.05, 0.1) is 11.7 Å². The summed E-state index contributed by atoms with van der Waals surface area (Å²) in [5.74, 6) is 0.753. The average molecular weight is 551 g/mol. The van der Waals surface area contributed by atoms with E-state index >= 15 is 0 Å². The van der Waals surface area contributed by atoms with Crippen molar-refractivity contribution in [2.45, 2.75) is 39.8 Å². The Morgan fingerprint density at radius 2 is 1.79 bits per heavy atom. The molecule has 6 nitrogen and oxygen atoms in total. The van der Waals surface area contributed by atoms with Gasteiger partial charge in [-0.15, -0.1) is 0 Å². The fraction of sp³-hybridized carbons (Fsp3) is 0.300. The number of hydrogen-bond acceptors (Lipinski definition) is 4. The number of nitrogens with zero attached hydrogens (tertiary/aromatic N) is 4. The number of carbonyl (C=O) groups excluding carboxylic acids is 1. The lowest BCUT2D eigenvalue weighted by Gasteiger charge is -2.34. The van der Waals surface area contributed by atoms with Crippen molar-refractivity contribution < 1.29 is 4.79 Å². The van der Waals surface area contributed by atoms with Crippen LogP contribution in [0.25, 0.3) is 11.3 Å². The van der Waals surface area contributed by atoms with Gasteiger partial charge >= 0.3 is 0 Å². The Hall–Kier alpha value is -3.19. The van der Waals surface area contributed by atoms with E-state index in [0.717, 1.165) is 22.6 Å². The summed E-state index contributed by atoms with van der Waals surface area (Å²) in [7, 11) is 0. The van der Waals surface area contributed by atoms with Crippen molar-refractivity contribution in [3.63, 3.8) is 0 Å². The van der Waals surface area contributed by atoms with Crippen molar-refractivity contribution in [1.29, 1.82) is 0 Å². The second-order valence-electron chi connectivity index (χ2n) is 9.76. The van der Waals surface area contributed by atoms with Crippen molar-refractivity contribution in [1.82, 2.24) is 19.4 Å². The summed E-state index contributed by atoms with van der Waals surface area (Å²) in [5.41, 5.74) is 9.96. The van der Waals surface area contributed by atoms with E-state index in [0.29, 0.717) is 47.5 Å². The molecule has 0 spiro atoms. The molecule has 198 valence electrons. The molecule has 4 aromatic rings. The van der Waals surface area contributed by atoms with E-state index in [1.54, 1.807) is 12.1 Å². The van der Waals surface area contributed by atoms with Crippen LogP contribution in [0.5, 0.6) is 0 Å². The highest BCUT2D eigenvalue weighted by atomic mass is 35.5. The van der Waals surface area contributed by atoms with Crippen LogP contribution in [0, 0.1) is 12.8 Å². The summed E-state index contributed by atoms with van der Waals surface area (Å²) in [6.45, 7) is 7.62. The molecule has 1 unspecified atom stereocenters. The van der Waals surface area contributed by atoms with E-state index in [4.69, 9.17) is 33.9 Å². The maximum Gasteiger partial charge on any atom is 0.254 e. The van der Waals surface area contributed by atoms with Gasteiger partial charge in [0.1, 0.15) is 11.0 Å². The molecule has 2 heterocycles. The predicted octanol–water partition coefficient (Wildman–Crippen LogP) is 6.80. The number of aryl methyl sites for hydroxylation is 1.